The first-order valence-corrected chi connectivity index (χ1v) is 7.61. The fourth-order valence-corrected chi connectivity index (χ4v) is 2.24. The third-order valence-electron chi connectivity index (χ3n) is 2.96. The lowest BCUT2D eigenvalue weighted by molar-refractivity contribution is 0.0954. The maximum Gasteiger partial charge on any atom is 0.271 e. The van der Waals surface area contributed by atoms with Crippen molar-refractivity contribution >= 4 is 27.5 Å². The fourth-order valence-electron chi connectivity index (χ4n) is 1.69. The summed E-state index contributed by atoms with van der Waals surface area (Å²) in [6.45, 7) is 4.19. The molecule has 1 aromatic carbocycles. The molecule has 1 aromatic rings. The highest BCUT2D eigenvalue weighted by atomic mass is 79.9. The maximum atomic E-state index is 12.0. The van der Waals surface area contributed by atoms with Gasteiger partial charge in [0.1, 0.15) is 5.75 Å². The molecule has 0 aromatic heterocycles. The van der Waals surface area contributed by atoms with Gasteiger partial charge in [-0.3, -0.25) is 4.79 Å². The molecule has 0 aliphatic carbocycles. The van der Waals surface area contributed by atoms with E-state index in [1.165, 1.54) is 0 Å². The molecule has 110 valence electrons. The molecular weight excluding hydrogens is 320 g/mol. The largest absolute Gasteiger partial charge is 0.496 e. The van der Waals surface area contributed by atoms with Crippen LogP contribution in [0.2, 0.25) is 0 Å². The molecule has 0 saturated carbocycles. The molecule has 5 heteroatoms. The molecule has 1 rings (SSSR count). The molecule has 4 nitrogen and oxygen atoms in total. The average molecular weight is 341 g/mol. The zero-order chi connectivity index (χ0) is 15.0. The number of amides is 1. The predicted molar refractivity (Wildman–Crippen MR) is 85.4 cm³/mol. The second-order valence-corrected chi connectivity index (χ2v) is 5.28. The summed E-state index contributed by atoms with van der Waals surface area (Å²) in [6, 6.07) is 5.19. The molecular formula is C15H21BrN2O2. The topological polar surface area (TPSA) is 50.7 Å². The van der Waals surface area contributed by atoms with Crippen molar-refractivity contribution in [2.75, 3.05) is 7.11 Å². The molecule has 0 atom stereocenters. The number of methoxy groups -OCH3 is 1. The van der Waals surface area contributed by atoms with Gasteiger partial charge >= 0.3 is 0 Å². The van der Waals surface area contributed by atoms with Gasteiger partial charge in [0.15, 0.2) is 0 Å². The standard InChI is InChI=1S/C15H21BrN2O2/c1-4-6-7-12(5-2)17-18-15(19)11-8-9-14(20-3)13(16)10-11/h8-10H,4-7H2,1-3H3,(H,18,19)/b17-12+. The van der Waals surface area contributed by atoms with Crippen LogP contribution in [-0.2, 0) is 0 Å². The van der Waals surface area contributed by atoms with Crippen LogP contribution in [0.25, 0.3) is 0 Å². The Hall–Kier alpha value is -1.36. The van der Waals surface area contributed by atoms with Crippen molar-refractivity contribution in [3.8, 4) is 5.75 Å². The van der Waals surface area contributed by atoms with E-state index in [0.29, 0.717) is 11.3 Å². The van der Waals surface area contributed by atoms with E-state index in [9.17, 15) is 4.79 Å². The molecule has 1 N–H and O–H groups in total. The van der Waals surface area contributed by atoms with Gasteiger partial charge in [0.05, 0.1) is 11.6 Å². The molecule has 1 amide bonds. The van der Waals surface area contributed by atoms with Crippen LogP contribution in [-0.4, -0.2) is 18.7 Å². The average Bonchev–Trinajstić information content (AvgIpc) is 2.47. The van der Waals surface area contributed by atoms with Crippen LogP contribution in [0.3, 0.4) is 0 Å². The van der Waals surface area contributed by atoms with E-state index in [0.717, 1.165) is 35.9 Å². The lowest BCUT2D eigenvalue weighted by Crippen LogP contribution is -2.19. The maximum absolute atomic E-state index is 12.0. The third-order valence-corrected chi connectivity index (χ3v) is 3.58. The first kappa shape index (κ1) is 16.7. The molecule has 0 unspecified atom stereocenters. The van der Waals surface area contributed by atoms with E-state index >= 15 is 0 Å². The third kappa shape index (κ3) is 4.96. The van der Waals surface area contributed by atoms with Gasteiger partial charge in [-0.05, 0) is 53.4 Å². The van der Waals surface area contributed by atoms with Gasteiger partial charge in [0, 0.05) is 11.3 Å². The Morgan fingerprint density at radius 1 is 1.40 bits per heavy atom. The number of benzene rings is 1. The molecule has 0 fully saturated rings. The van der Waals surface area contributed by atoms with Gasteiger partial charge in [-0.25, -0.2) is 5.43 Å². The fraction of sp³-hybridized carbons (Fsp3) is 0.467. The second kappa shape index (κ2) is 8.74. The summed E-state index contributed by atoms with van der Waals surface area (Å²) in [6.07, 6.45) is 4.00. The van der Waals surface area contributed by atoms with Crippen molar-refractivity contribution in [2.45, 2.75) is 39.5 Å². The van der Waals surface area contributed by atoms with Crippen LogP contribution >= 0.6 is 15.9 Å². The number of nitrogens with one attached hydrogen (secondary N) is 1. The Morgan fingerprint density at radius 3 is 2.70 bits per heavy atom. The molecule has 20 heavy (non-hydrogen) atoms. The molecule has 0 saturated heterocycles. The lowest BCUT2D eigenvalue weighted by Gasteiger charge is -2.07. The Morgan fingerprint density at radius 2 is 2.15 bits per heavy atom. The van der Waals surface area contributed by atoms with Crippen LogP contribution in [0.4, 0.5) is 0 Å². The monoisotopic (exact) mass is 340 g/mol. The number of ether oxygens (including phenoxy) is 1. The van der Waals surface area contributed by atoms with E-state index in [4.69, 9.17) is 4.74 Å². The minimum absolute atomic E-state index is 0.212. The Balaban J connectivity index is 2.70. The van der Waals surface area contributed by atoms with Gasteiger partial charge in [-0.1, -0.05) is 20.3 Å². The van der Waals surface area contributed by atoms with Crippen LogP contribution in [0.1, 0.15) is 49.9 Å². The Labute approximate surface area is 128 Å². The second-order valence-electron chi connectivity index (χ2n) is 4.43. The first-order valence-electron chi connectivity index (χ1n) is 6.81. The summed E-state index contributed by atoms with van der Waals surface area (Å²) in [5, 5.41) is 4.20. The summed E-state index contributed by atoms with van der Waals surface area (Å²) in [4.78, 5) is 12.0. The highest BCUT2D eigenvalue weighted by Crippen LogP contribution is 2.25. The minimum atomic E-state index is -0.212. The first-order chi connectivity index (χ1) is 9.62. The Kier molecular flexibility index (Phi) is 7.30. The summed E-state index contributed by atoms with van der Waals surface area (Å²) in [7, 11) is 1.59. The molecule has 0 radical (unpaired) electrons. The number of hydrogen-bond donors (Lipinski definition) is 1. The van der Waals surface area contributed by atoms with E-state index in [1.807, 2.05) is 6.92 Å². The van der Waals surface area contributed by atoms with Gasteiger partial charge in [0.2, 0.25) is 0 Å². The summed E-state index contributed by atoms with van der Waals surface area (Å²) < 4.78 is 5.88. The number of nitrogens with zero attached hydrogens (tertiary/aromatic N) is 1. The molecule has 0 aliphatic heterocycles. The number of halogens is 1. The van der Waals surface area contributed by atoms with E-state index in [-0.39, 0.29) is 5.91 Å². The van der Waals surface area contributed by atoms with Gasteiger partial charge in [-0.15, -0.1) is 0 Å². The van der Waals surface area contributed by atoms with Gasteiger partial charge < -0.3 is 4.74 Å². The zero-order valence-corrected chi connectivity index (χ0v) is 13.8. The number of rotatable bonds is 7. The van der Waals surface area contributed by atoms with Crippen molar-refractivity contribution in [2.24, 2.45) is 5.10 Å². The Bertz CT molecular complexity index is 487. The lowest BCUT2D eigenvalue weighted by atomic mass is 10.1. The van der Waals surface area contributed by atoms with Crippen LogP contribution in [0, 0.1) is 0 Å². The smallest absolute Gasteiger partial charge is 0.271 e. The van der Waals surface area contributed by atoms with Gasteiger partial charge in [-0.2, -0.15) is 5.10 Å². The number of hydrazone groups is 1. The molecule has 0 spiro atoms. The van der Waals surface area contributed by atoms with Crippen LogP contribution in [0.15, 0.2) is 27.8 Å². The molecule has 0 heterocycles. The summed E-state index contributed by atoms with van der Waals surface area (Å²) in [5.41, 5.74) is 4.18. The summed E-state index contributed by atoms with van der Waals surface area (Å²) in [5.74, 6) is 0.484. The van der Waals surface area contributed by atoms with Crippen molar-refractivity contribution in [3.05, 3.63) is 28.2 Å². The van der Waals surface area contributed by atoms with Crippen LogP contribution < -0.4 is 10.2 Å². The van der Waals surface area contributed by atoms with Crippen LogP contribution in [0.5, 0.6) is 5.75 Å². The number of carbonyl (C=O) groups is 1. The minimum Gasteiger partial charge on any atom is -0.496 e. The van der Waals surface area contributed by atoms with E-state index < -0.39 is 0 Å². The number of unbranched alkanes of at least 4 members (excludes halogenated alkanes) is 1. The van der Waals surface area contributed by atoms with E-state index in [1.54, 1.807) is 25.3 Å². The van der Waals surface area contributed by atoms with Gasteiger partial charge in [0.25, 0.3) is 5.91 Å². The van der Waals surface area contributed by atoms with Crippen molar-refractivity contribution in [3.63, 3.8) is 0 Å². The van der Waals surface area contributed by atoms with Crippen molar-refractivity contribution in [1.82, 2.24) is 5.43 Å². The molecule has 0 bridgehead atoms. The number of hydrogen-bond acceptors (Lipinski definition) is 3. The SMILES string of the molecule is CCCC/C(CC)=N/NC(=O)c1ccc(OC)c(Br)c1. The molecule has 0 aliphatic rings. The van der Waals surface area contributed by atoms with E-state index in [2.05, 4.69) is 33.4 Å². The highest BCUT2D eigenvalue weighted by Gasteiger charge is 2.08. The summed E-state index contributed by atoms with van der Waals surface area (Å²) >= 11 is 3.36. The normalized spacial score (nSPS) is 11.3. The highest BCUT2D eigenvalue weighted by molar-refractivity contribution is 9.10. The van der Waals surface area contributed by atoms with Crippen molar-refractivity contribution < 1.29 is 9.53 Å². The quantitative estimate of drug-likeness (QED) is 0.598. The van der Waals surface area contributed by atoms with Crippen molar-refractivity contribution in [1.29, 1.82) is 0 Å². The zero-order valence-electron chi connectivity index (χ0n) is 12.2. The number of carbonyl (C=O) groups excluding carboxylic acids is 1. The predicted octanol–water partition coefficient (Wildman–Crippen LogP) is 4.14.